The van der Waals surface area contributed by atoms with Crippen LogP contribution < -0.4 is 5.73 Å². The molecule has 9 heteroatoms. The molecule has 2 aliphatic rings. The van der Waals surface area contributed by atoms with Crippen LogP contribution >= 0.6 is 0 Å². The quantitative estimate of drug-likeness (QED) is 0.834. The highest BCUT2D eigenvalue weighted by Gasteiger charge is 2.37. The highest BCUT2D eigenvalue weighted by atomic mass is 19.4. The summed E-state index contributed by atoms with van der Waals surface area (Å²) >= 11 is 0. The molecule has 0 amide bonds. The third kappa shape index (κ3) is 3.98. The van der Waals surface area contributed by atoms with E-state index in [1.165, 1.54) is 6.20 Å². The lowest BCUT2D eigenvalue weighted by molar-refractivity contribution is -0.137. The molecule has 0 bridgehead atoms. The summed E-state index contributed by atoms with van der Waals surface area (Å²) in [5.74, 6) is 0.530. The van der Waals surface area contributed by atoms with Crippen molar-refractivity contribution in [1.29, 1.82) is 0 Å². The van der Waals surface area contributed by atoms with Gasteiger partial charge >= 0.3 is 6.18 Å². The van der Waals surface area contributed by atoms with Crippen molar-refractivity contribution in [3.8, 4) is 11.3 Å². The highest BCUT2D eigenvalue weighted by molar-refractivity contribution is 5.62. The van der Waals surface area contributed by atoms with Crippen LogP contribution in [0.3, 0.4) is 0 Å². The number of hydrogen-bond donors (Lipinski definition) is 1. The summed E-state index contributed by atoms with van der Waals surface area (Å²) in [6, 6.07) is 1.88. The molecule has 0 radical (unpaired) electrons. The smallest absolute Gasteiger partial charge is 0.383 e. The number of aromatic nitrogens is 3. The first-order chi connectivity index (χ1) is 13.7. The molecular weight excluding hydrogens is 383 g/mol. The van der Waals surface area contributed by atoms with Crippen LogP contribution in [0.2, 0.25) is 0 Å². The number of halogens is 3. The Balaban J connectivity index is 1.58. The summed E-state index contributed by atoms with van der Waals surface area (Å²) in [4.78, 5) is 10.9. The molecule has 0 unspecified atom stereocenters. The van der Waals surface area contributed by atoms with Crippen molar-refractivity contribution in [1.82, 2.24) is 19.4 Å². The zero-order valence-electron chi connectivity index (χ0n) is 16.6. The van der Waals surface area contributed by atoms with E-state index in [4.69, 9.17) is 10.5 Å². The maximum absolute atomic E-state index is 13.2. The van der Waals surface area contributed by atoms with Crippen molar-refractivity contribution in [3.63, 3.8) is 0 Å². The Bertz CT molecular complexity index is 867. The average Bonchev–Trinajstić information content (AvgIpc) is 3.06. The van der Waals surface area contributed by atoms with Crippen LogP contribution in [-0.2, 0) is 10.9 Å². The number of nitrogen functional groups attached to an aromatic ring is 1. The predicted octanol–water partition coefficient (Wildman–Crippen LogP) is 3.71. The molecule has 1 saturated heterocycles. The number of anilines is 1. The molecule has 2 N–H and O–H groups in total. The Labute approximate surface area is 167 Å². The van der Waals surface area contributed by atoms with E-state index in [0.717, 1.165) is 51.0 Å². The number of imidazole rings is 1. The van der Waals surface area contributed by atoms with Crippen LogP contribution in [0.25, 0.3) is 11.3 Å². The van der Waals surface area contributed by atoms with Crippen LogP contribution in [-0.4, -0.2) is 51.8 Å². The minimum Gasteiger partial charge on any atom is -0.383 e. The highest BCUT2D eigenvalue weighted by Crippen LogP contribution is 2.40. The van der Waals surface area contributed by atoms with Gasteiger partial charge in [0.25, 0.3) is 0 Å². The fourth-order valence-corrected chi connectivity index (χ4v) is 4.14. The number of nitrogens with zero attached hydrogens (tertiary/aromatic N) is 4. The van der Waals surface area contributed by atoms with E-state index < -0.39 is 17.6 Å². The number of rotatable bonds is 4. The van der Waals surface area contributed by atoms with E-state index in [0.29, 0.717) is 23.3 Å². The summed E-state index contributed by atoms with van der Waals surface area (Å²) in [5.41, 5.74) is 5.34. The predicted molar refractivity (Wildman–Crippen MR) is 103 cm³/mol. The average molecular weight is 409 g/mol. The van der Waals surface area contributed by atoms with Crippen molar-refractivity contribution in [2.24, 2.45) is 0 Å². The minimum absolute atomic E-state index is 0.162. The summed E-state index contributed by atoms with van der Waals surface area (Å²) in [6.45, 7) is 7.56. The molecule has 2 aromatic rings. The largest absolute Gasteiger partial charge is 0.419 e. The molecule has 0 aromatic carbocycles. The second-order valence-electron chi connectivity index (χ2n) is 8.13. The van der Waals surface area contributed by atoms with Gasteiger partial charge in [0.15, 0.2) is 0 Å². The van der Waals surface area contributed by atoms with Crippen molar-refractivity contribution < 1.29 is 17.9 Å². The van der Waals surface area contributed by atoms with Crippen LogP contribution in [0.5, 0.6) is 0 Å². The fraction of sp³-hybridized carbons (Fsp3) is 0.600. The lowest BCUT2D eigenvalue weighted by atomic mass is 9.84. The summed E-state index contributed by atoms with van der Waals surface area (Å²) < 4.78 is 47.2. The van der Waals surface area contributed by atoms with Crippen molar-refractivity contribution in [2.45, 2.75) is 50.9 Å². The molecule has 158 valence electrons. The third-order valence-electron chi connectivity index (χ3n) is 5.84. The first-order valence-electron chi connectivity index (χ1n) is 9.97. The lowest BCUT2D eigenvalue weighted by Gasteiger charge is -2.45. The van der Waals surface area contributed by atoms with E-state index in [1.807, 2.05) is 20.0 Å². The zero-order chi connectivity index (χ0) is 20.8. The van der Waals surface area contributed by atoms with Gasteiger partial charge in [-0.3, -0.25) is 4.90 Å². The summed E-state index contributed by atoms with van der Waals surface area (Å²) in [5, 5.41) is 0. The van der Waals surface area contributed by atoms with Gasteiger partial charge in [-0.2, -0.15) is 13.2 Å². The number of ether oxygens (including phenoxy) is 1. The maximum atomic E-state index is 13.2. The van der Waals surface area contributed by atoms with Gasteiger partial charge in [0.05, 0.1) is 24.5 Å². The number of nitrogens with two attached hydrogens (primary N) is 1. The van der Waals surface area contributed by atoms with Crippen LogP contribution in [0.4, 0.5) is 19.0 Å². The molecule has 2 aromatic heterocycles. The van der Waals surface area contributed by atoms with Gasteiger partial charge in [-0.25, -0.2) is 9.97 Å². The van der Waals surface area contributed by atoms with Gasteiger partial charge in [-0.15, -0.1) is 0 Å². The van der Waals surface area contributed by atoms with Crippen molar-refractivity contribution in [2.75, 3.05) is 32.0 Å². The number of hydrogen-bond acceptors (Lipinski definition) is 5. The summed E-state index contributed by atoms with van der Waals surface area (Å²) in [7, 11) is 0. The van der Waals surface area contributed by atoms with E-state index in [-0.39, 0.29) is 5.92 Å². The molecule has 6 nitrogen and oxygen atoms in total. The summed E-state index contributed by atoms with van der Waals surface area (Å²) in [6.07, 6.45) is 0.712. The molecule has 29 heavy (non-hydrogen) atoms. The Kier molecular flexibility index (Phi) is 5.29. The van der Waals surface area contributed by atoms with E-state index in [1.54, 1.807) is 0 Å². The van der Waals surface area contributed by atoms with Crippen LogP contribution in [0.1, 0.15) is 50.0 Å². The Morgan fingerprint density at radius 3 is 2.48 bits per heavy atom. The van der Waals surface area contributed by atoms with Crippen LogP contribution in [0.15, 0.2) is 18.5 Å². The Morgan fingerprint density at radius 1 is 1.17 bits per heavy atom. The molecule has 1 saturated carbocycles. The first-order valence-corrected chi connectivity index (χ1v) is 9.97. The van der Waals surface area contributed by atoms with E-state index >= 15 is 0 Å². The minimum atomic E-state index is -4.55. The molecule has 0 atom stereocenters. The fourth-order valence-electron chi connectivity index (χ4n) is 4.14. The molecule has 0 spiro atoms. The number of pyridine rings is 1. The van der Waals surface area contributed by atoms with Gasteiger partial charge in [0.1, 0.15) is 11.6 Å². The topological polar surface area (TPSA) is 69.2 Å². The lowest BCUT2D eigenvalue weighted by Crippen LogP contribution is -2.50. The second-order valence-corrected chi connectivity index (χ2v) is 8.13. The Morgan fingerprint density at radius 2 is 1.86 bits per heavy atom. The molecular formula is C20H26F3N5O. The van der Waals surface area contributed by atoms with Gasteiger partial charge in [-0.05, 0) is 18.9 Å². The normalized spacial score (nSPS) is 23.4. The monoisotopic (exact) mass is 409 g/mol. The van der Waals surface area contributed by atoms with Crippen LogP contribution in [0, 0.1) is 0 Å². The Hall–Kier alpha value is -2.13. The number of alkyl halides is 3. The molecule has 1 aliphatic heterocycles. The molecule has 3 heterocycles. The SMILES string of the molecule is CC(C)c1nc(-c2cnc(N)c(C(F)(F)F)c2)cn1[C@H]1C[C@@H](N2CCOCC2)C1. The van der Waals surface area contributed by atoms with E-state index in [9.17, 15) is 13.2 Å². The van der Waals surface area contributed by atoms with E-state index in [2.05, 4.69) is 19.4 Å². The van der Waals surface area contributed by atoms with Gasteiger partial charge in [-0.1, -0.05) is 13.8 Å². The molecule has 1 aliphatic carbocycles. The third-order valence-corrected chi connectivity index (χ3v) is 5.84. The number of morpholine rings is 1. The second kappa shape index (κ2) is 7.60. The van der Waals surface area contributed by atoms with Crippen molar-refractivity contribution in [3.05, 3.63) is 29.8 Å². The van der Waals surface area contributed by atoms with Crippen molar-refractivity contribution >= 4 is 5.82 Å². The van der Waals surface area contributed by atoms with Gasteiger partial charge in [0, 0.05) is 49.0 Å². The maximum Gasteiger partial charge on any atom is 0.419 e. The zero-order valence-corrected chi connectivity index (χ0v) is 16.6. The molecule has 2 fully saturated rings. The first kappa shape index (κ1) is 20.2. The molecule has 4 rings (SSSR count). The standard InChI is InChI=1S/C20H26F3N5O/c1-12(2)19-26-17(13-7-16(20(21,22)23)18(24)25-10-13)11-28(19)15-8-14(9-15)27-3-5-29-6-4-27/h7,10-12,14-15H,3-6,8-9H2,1-2H3,(H2,24,25)/t14-,15+. The van der Waals surface area contributed by atoms with Gasteiger partial charge < -0.3 is 15.0 Å². The van der Waals surface area contributed by atoms with Gasteiger partial charge in [0.2, 0.25) is 0 Å².